The van der Waals surface area contributed by atoms with Gasteiger partial charge in [-0.05, 0) is 49.7 Å². The third-order valence-electron chi connectivity index (χ3n) is 4.21. The van der Waals surface area contributed by atoms with Crippen molar-refractivity contribution in [3.05, 3.63) is 60.2 Å². The Balaban J connectivity index is 1.83. The molecular formula is C21H24N4O3. The van der Waals surface area contributed by atoms with E-state index in [9.17, 15) is 9.59 Å². The second kappa shape index (κ2) is 9.03. The van der Waals surface area contributed by atoms with Gasteiger partial charge in [0.25, 0.3) is 11.8 Å². The zero-order valence-corrected chi connectivity index (χ0v) is 16.1. The molecule has 2 heterocycles. The molecule has 2 amide bonds. The molecule has 146 valence electrons. The van der Waals surface area contributed by atoms with Crippen LogP contribution >= 0.6 is 0 Å². The molecule has 3 aromatic rings. The fourth-order valence-corrected chi connectivity index (χ4v) is 2.81. The first kappa shape index (κ1) is 19.4. The lowest BCUT2D eigenvalue weighted by molar-refractivity contribution is 0.0942. The van der Waals surface area contributed by atoms with Crippen LogP contribution in [0.3, 0.4) is 0 Å². The van der Waals surface area contributed by atoms with Crippen LogP contribution in [0.1, 0.15) is 47.8 Å². The van der Waals surface area contributed by atoms with Gasteiger partial charge in [-0.15, -0.1) is 0 Å². The molecule has 0 unspecified atom stereocenters. The van der Waals surface area contributed by atoms with Crippen molar-refractivity contribution >= 4 is 23.0 Å². The predicted molar refractivity (Wildman–Crippen MR) is 108 cm³/mol. The summed E-state index contributed by atoms with van der Waals surface area (Å²) in [5.41, 5.74) is 1.40. The Bertz CT molecular complexity index is 963. The molecule has 0 atom stereocenters. The van der Waals surface area contributed by atoms with Crippen LogP contribution in [0.15, 0.2) is 48.7 Å². The van der Waals surface area contributed by atoms with Crippen molar-refractivity contribution in [2.75, 3.05) is 18.5 Å². The quantitative estimate of drug-likeness (QED) is 0.586. The normalized spacial score (nSPS) is 10.6. The van der Waals surface area contributed by atoms with Gasteiger partial charge >= 0.3 is 0 Å². The van der Waals surface area contributed by atoms with Crippen LogP contribution in [0.4, 0.5) is 5.69 Å². The smallest absolute Gasteiger partial charge is 0.287 e. The highest BCUT2D eigenvalue weighted by atomic mass is 16.5. The lowest BCUT2D eigenvalue weighted by Gasteiger charge is -2.06. The van der Waals surface area contributed by atoms with Crippen molar-refractivity contribution in [3.8, 4) is 5.75 Å². The van der Waals surface area contributed by atoms with Gasteiger partial charge in [0.2, 0.25) is 5.82 Å². The number of unbranched alkanes of at least 4 members (excludes halogenated alkanes) is 1. The molecule has 3 rings (SSSR count). The first-order valence-corrected chi connectivity index (χ1v) is 9.43. The van der Waals surface area contributed by atoms with Gasteiger partial charge in [-0.2, -0.15) is 0 Å². The molecule has 0 saturated heterocycles. The summed E-state index contributed by atoms with van der Waals surface area (Å²) >= 11 is 0. The molecule has 7 heteroatoms. The fourth-order valence-electron chi connectivity index (χ4n) is 2.81. The number of ether oxygens (including phenoxy) is 1. The molecule has 2 aromatic heterocycles. The fraction of sp³-hybridized carbons (Fsp3) is 0.286. The molecule has 0 fully saturated rings. The maximum Gasteiger partial charge on any atom is 0.287 e. The number of amides is 2. The van der Waals surface area contributed by atoms with Gasteiger partial charge in [0.1, 0.15) is 5.75 Å². The zero-order chi connectivity index (χ0) is 19.9. The summed E-state index contributed by atoms with van der Waals surface area (Å²) in [5.74, 6) is 0.262. The average Bonchev–Trinajstić information content (AvgIpc) is 3.10. The van der Waals surface area contributed by atoms with E-state index in [0.29, 0.717) is 24.4 Å². The Morgan fingerprint density at radius 1 is 1.07 bits per heavy atom. The second-order valence-corrected chi connectivity index (χ2v) is 6.26. The van der Waals surface area contributed by atoms with E-state index in [4.69, 9.17) is 4.74 Å². The number of carbonyl (C=O) groups is 2. The minimum atomic E-state index is -0.375. The predicted octanol–water partition coefficient (Wildman–Crippen LogP) is 3.52. The Morgan fingerprint density at radius 3 is 2.57 bits per heavy atom. The standard InChI is InChI=1S/C21H24N4O3/c1-3-5-13-22-21(27)19-24-18(17-8-6-7-14-25(17)19)20(26)23-15-9-11-16(12-10-15)28-4-2/h6-12,14H,3-5,13H2,1-2H3,(H,22,27)(H,23,26). The van der Waals surface area contributed by atoms with Crippen LogP contribution in [-0.4, -0.2) is 34.4 Å². The average molecular weight is 380 g/mol. The number of benzene rings is 1. The number of fused-ring (bicyclic) bond motifs is 1. The summed E-state index contributed by atoms with van der Waals surface area (Å²) in [4.78, 5) is 29.6. The van der Waals surface area contributed by atoms with Gasteiger partial charge < -0.3 is 15.4 Å². The number of anilines is 1. The van der Waals surface area contributed by atoms with Gasteiger partial charge in [0.05, 0.1) is 12.1 Å². The van der Waals surface area contributed by atoms with Crippen LogP contribution in [0.5, 0.6) is 5.75 Å². The largest absolute Gasteiger partial charge is 0.494 e. The minimum absolute atomic E-state index is 0.198. The summed E-state index contributed by atoms with van der Waals surface area (Å²) in [6, 6.07) is 12.5. The highest BCUT2D eigenvalue weighted by Crippen LogP contribution is 2.18. The number of nitrogens with one attached hydrogen (secondary N) is 2. The summed E-state index contributed by atoms with van der Waals surface area (Å²) in [6.45, 7) is 5.12. The Labute approximate surface area is 163 Å². The van der Waals surface area contributed by atoms with Gasteiger partial charge in [-0.1, -0.05) is 19.4 Å². The topological polar surface area (TPSA) is 84.7 Å². The van der Waals surface area contributed by atoms with E-state index in [-0.39, 0.29) is 23.3 Å². The van der Waals surface area contributed by atoms with Crippen LogP contribution in [0.2, 0.25) is 0 Å². The van der Waals surface area contributed by atoms with Crippen LogP contribution in [0, 0.1) is 0 Å². The zero-order valence-electron chi connectivity index (χ0n) is 16.1. The summed E-state index contributed by atoms with van der Waals surface area (Å²) in [7, 11) is 0. The van der Waals surface area contributed by atoms with Crippen LogP contribution in [-0.2, 0) is 0 Å². The second-order valence-electron chi connectivity index (χ2n) is 6.26. The number of nitrogens with zero attached hydrogens (tertiary/aromatic N) is 2. The number of aromatic nitrogens is 2. The first-order chi connectivity index (χ1) is 13.6. The van der Waals surface area contributed by atoms with E-state index in [1.807, 2.05) is 13.0 Å². The van der Waals surface area contributed by atoms with Crippen molar-refractivity contribution in [2.24, 2.45) is 0 Å². The molecule has 1 aromatic carbocycles. The third-order valence-corrected chi connectivity index (χ3v) is 4.21. The van der Waals surface area contributed by atoms with Crippen molar-refractivity contribution in [1.82, 2.24) is 14.7 Å². The van der Waals surface area contributed by atoms with Crippen molar-refractivity contribution in [2.45, 2.75) is 26.7 Å². The van der Waals surface area contributed by atoms with Crippen LogP contribution in [0.25, 0.3) is 5.52 Å². The molecule has 0 aliphatic heterocycles. The molecule has 0 aliphatic carbocycles. The molecule has 0 aliphatic rings. The molecule has 0 spiro atoms. The van der Waals surface area contributed by atoms with Crippen molar-refractivity contribution < 1.29 is 14.3 Å². The Hall–Kier alpha value is -3.35. The highest BCUT2D eigenvalue weighted by Gasteiger charge is 2.21. The van der Waals surface area contributed by atoms with Crippen molar-refractivity contribution in [3.63, 3.8) is 0 Å². The Morgan fingerprint density at radius 2 is 1.86 bits per heavy atom. The maximum atomic E-state index is 12.8. The van der Waals surface area contributed by atoms with E-state index in [1.165, 1.54) is 0 Å². The molecule has 0 radical (unpaired) electrons. The van der Waals surface area contributed by atoms with Gasteiger partial charge in [-0.3, -0.25) is 14.0 Å². The van der Waals surface area contributed by atoms with Gasteiger partial charge in [-0.25, -0.2) is 4.98 Å². The number of pyridine rings is 1. The maximum absolute atomic E-state index is 12.8. The molecular weight excluding hydrogens is 356 g/mol. The van der Waals surface area contributed by atoms with E-state index < -0.39 is 0 Å². The summed E-state index contributed by atoms with van der Waals surface area (Å²) < 4.78 is 7.04. The molecule has 28 heavy (non-hydrogen) atoms. The van der Waals surface area contributed by atoms with E-state index in [1.54, 1.807) is 47.0 Å². The first-order valence-electron chi connectivity index (χ1n) is 9.43. The molecule has 7 nitrogen and oxygen atoms in total. The van der Waals surface area contributed by atoms with Crippen LogP contribution < -0.4 is 15.4 Å². The number of carbonyl (C=O) groups excluding carboxylic acids is 2. The minimum Gasteiger partial charge on any atom is -0.494 e. The van der Waals surface area contributed by atoms with E-state index >= 15 is 0 Å². The number of rotatable bonds is 8. The summed E-state index contributed by atoms with van der Waals surface area (Å²) in [6.07, 6.45) is 3.60. The lowest BCUT2D eigenvalue weighted by atomic mass is 10.2. The monoisotopic (exact) mass is 380 g/mol. The molecule has 0 bridgehead atoms. The van der Waals surface area contributed by atoms with Gasteiger partial charge in [0, 0.05) is 18.4 Å². The lowest BCUT2D eigenvalue weighted by Crippen LogP contribution is -2.26. The van der Waals surface area contributed by atoms with E-state index in [0.717, 1.165) is 18.6 Å². The third kappa shape index (κ3) is 4.31. The SMILES string of the molecule is CCCCNC(=O)c1nc(C(=O)Nc2ccc(OCC)cc2)c2ccccn12. The number of hydrogen-bond donors (Lipinski definition) is 2. The van der Waals surface area contributed by atoms with Gasteiger partial charge in [0.15, 0.2) is 5.69 Å². The van der Waals surface area contributed by atoms with E-state index in [2.05, 4.69) is 22.5 Å². The van der Waals surface area contributed by atoms with Crippen molar-refractivity contribution in [1.29, 1.82) is 0 Å². The number of hydrogen-bond acceptors (Lipinski definition) is 4. The Kier molecular flexibility index (Phi) is 6.26. The molecule has 0 saturated carbocycles. The highest BCUT2D eigenvalue weighted by molar-refractivity contribution is 6.08. The number of imidazole rings is 1. The summed E-state index contributed by atoms with van der Waals surface area (Å²) in [5, 5.41) is 5.67. The molecule has 2 N–H and O–H groups in total.